The fraction of sp³-hybridized carbons (Fsp3) is 0.688. The number of carbonyl (C=O) groups is 5. The Morgan fingerprint density at radius 1 is 0.897 bits per heavy atom. The van der Waals surface area contributed by atoms with Gasteiger partial charge in [-0.25, -0.2) is 4.79 Å². The van der Waals surface area contributed by atoms with E-state index in [2.05, 4.69) is 10.6 Å². The van der Waals surface area contributed by atoms with Crippen molar-refractivity contribution in [2.24, 2.45) is 11.5 Å². The number of hydrogen-bond acceptors (Lipinski definition) is 8. The first-order chi connectivity index (χ1) is 13.5. The van der Waals surface area contributed by atoms with Crippen LogP contribution in [-0.4, -0.2) is 82.3 Å². The number of rotatable bonds is 14. The summed E-state index contributed by atoms with van der Waals surface area (Å²) in [6.07, 6.45) is 0.823. The quantitative estimate of drug-likeness (QED) is 0.129. The van der Waals surface area contributed by atoms with Gasteiger partial charge in [-0.3, -0.25) is 19.2 Å². The lowest BCUT2D eigenvalue weighted by molar-refractivity contribution is -0.147. The first-order valence-electron chi connectivity index (χ1n) is 8.95. The Balaban J connectivity index is 4.75. The summed E-state index contributed by atoms with van der Waals surface area (Å²) in [5.41, 5.74) is 11.1. The number of carboxylic acids is 2. The Morgan fingerprint density at radius 3 is 1.97 bits per heavy atom. The molecule has 0 radical (unpaired) electrons. The molecule has 0 aromatic carbocycles. The molecule has 0 aromatic rings. The van der Waals surface area contributed by atoms with Gasteiger partial charge in [0.15, 0.2) is 0 Å². The van der Waals surface area contributed by atoms with E-state index in [1.165, 1.54) is 6.92 Å². The second-order valence-corrected chi connectivity index (χ2v) is 6.36. The third-order valence-electron chi connectivity index (χ3n) is 3.87. The minimum Gasteiger partial charge on any atom is -0.481 e. The minimum absolute atomic E-state index is 0.374. The normalized spacial score (nSPS) is 14.8. The minimum atomic E-state index is -1.74. The van der Waals surface area contributed by atoms with Gasteiger partial charge >= 0.3 is 11.9 Å². The number of nitrogens with two attached hydrogens (primary N) is 2. The largest absolute Gasteiger partial charge is 0.481 e. The van der Waals surface area contributed by atoms with Gasteiger partial charge in [-0.1, -0.05) is 6.42 Å². The lowest BCUT2D eigenvalue weighted by atomic mass is 10.1. The molecule has 0 spiro atoms. The Hall–Kier alpha value is -2.77. The summed E-state index contributed by atoms with van der Waals surface area (Å²) in [5.74, 6) is -5.55. The Kier molecular flexibility index (Phi) is 12.1. The summed E-state index contributed by atoms with van der Waals surface area (Å²) >= 11 is 0. The van der Waals surface area contributed by atoms with Gasteiger partial charge in [0, 0.05) is 0 Å². The molecule has 0 fully saturated rings. The molecule has 0 bridgehead atoms. The van der Waals surface area contributed by atoms with Crippen LogP contribution >= 0.6 is 0 Å². The number of aliphatic hydroxyl groups excluding tert-OH is 1. The highest BCUT2D eigenvalue weighted by molar-refractivity contribution is 5.94. The van der Waals surface area contributed by atoms with E-state index >= 15 is 0 Å². The molecule has 13 nitrogen and oxygen atoms in total. The predicted octanol–water partition coefficient (Wildman–Crippen LogP) is -3.53. The standard InChI is InChI=1S/C16H29N5O8/c1-8(19-14(26)9(18)4-2-3-5-17)13(25)21-11(7-22)15(27)20-10(16(28)29)6-12(23)24/h8-11,22H,2-7,17-18H2,1H3,(H,19,26)(H,20,27)(H,21,25)(H,23,24)(H,28,29). The highest BCUT2D eigenvalue weighted by Crippen LogP contribution is 1.99. The molecule has 0 aliphatic rings. The van der Waals surface area contributed by atoms with Crippen LogP contribution in [0.2, 0.25) is 0 Å². The van der Waals surface area contributed by atoms with E-state index in [0.717, 1.165) is 0 Å². The Morgan fingerprint density at radius 2 is 1.48 bits per heavy atom. The highest BCUT2D eigenvalue weighted by atomic mass is 16.4. The molecule has 0 aliphatic heterocycles. The van der Waals surface area contributed by atoms with Crippen molar-refractivity contribution >= 4 is 29.7 Å². The molecule has 10 N–H and O–H groups in total. The summed E-state index contributed by atoms with van der Waals surface area (Å²) in [7, 11) is 0. The Bertz CT molecular complexity index is 600. The zero-order valence-electron chi connectivity index (χ0n) is 16.1. The second kappa shape index (κ2) is 13.4. The number of carbonyl (C=O) groups excluding carboxylic acids is 3. The van der Waals surface area contributed by atoms with Crippen LogP contribution in [0.1, 0.15) is 32.6 Å². The zero-order chi connectivity index (χ0) is 22.6. The predicted molar refractivity (Wildman–Crippen MR) is 99.3 cm³/mol. The molecule has 13 heteroatoms. The van der Waals surface area contributed by atoms with E-state index in [0.29, 0.717) is 25.8 Å². The number of hydrogen-bond donors (Lipinski definition) is 8. The van der Waals surface area contributed by atoms with Gasteiger partial charge in [0.25, 0.3) is 0 Å². The van der Waals surface area contributed by atoms with Crippen LogP contribution in [0.5, 0.6) is 0 Å². The average Bonchev–Trinajstić information content (AvgIpc) is 2.64. The van der Waals surface area contributed by atoms with Crippen molar-refractivity contribution in [3.63, 3.8) is 0 Å². The molecule has 0 saturated carbocycles. The molecule has 0 heterocycles. The summed E-state index contributed by atoms with van der Waals surface area (Å²) in [5, 5.41) is 33.3. The number of aliphatic carboxylic acids is 2. The van der Waals surface area contributed by atoms with E-state index in [-0.39, 0.29) is 0 Å². The Labute approximate surface area is 167 Å². The van der Waals surface area contributed by atoms with Crippen molar-refractivity contribution in [1.82, 2.24) is 16.0 Å². The lowest BCUT2D eigenvalue weighted by Gasteiger charge is -2.22. The van der Waals surface area contributed by atoms with Gasteiger partial charge in [-0.2, -0.15) is 0 Å². The zero-order valence-corrected chi connectivity index (χ0v) is 16.1. The molecule has 0 aliphatic carbocycles. The fourth-order valence-electron chi connectivity index (χ4n) is 2.16. The number of amides is 3. The smallest absolute Gasteiger partial charge is 0.326 e. The fourth-order valence-corrected chi connectivity index (χ4v) is 2.16. The van der Waals surface area contributed by atoms with Crippen LogP contribution in [0.4, 0.5) is 0 Å². The highest BCUT2D eigenvalue weighted by Gasteiger charge is 2.29. The maximum absolute atomic E-state index is 12.1. The summed E-state index contributed by atoms with van der Waals surface area (Å²) in [6, 6.07) is -5.23. The van der Waals surface area contributed by atoms with Gasteiger partial charge in [0.1, 0.15) is 18.1 Å². The van der Waals surface area contributed by atoms with Crippen molar-refractivity contribution in [2.75, 3.05) is 13.2 Å². The van der Waals surface area contributed by atoms with Crippen molar-refractivity contribution in [1.29, 1.82) is 0 Å². The van der Waals surface area contributed by atoms with Crippen molar-refractivity contribution in [3.8, 4) is 0 Å². The first kappa shape index (κ1) is 26.2. The number of unbranched alkanes of at least 4 members (excludes halogenated alkanes) is 1. The monoisotopic (exact) mass is 419 g/mol. The topological polar surface area (TPSA) is 234 Å². The van der Waals surface area contributed by atoms with E-state index < -0.39 is 66.9 Å². The maximum atomic E-state index is 12.1. The van der Waals surface area contributed by atoms with E-state index in [4.69, 9.17) is 21.7 Å². The SMILES string of the molecule is CC(NC(=O)C(N)CCCCN)C(=O)NC(CO)C(=O)NC(CC(=O)O)C(=O)O. The average molecular weight is 419 g/mol. The maximum Gasteiger partial charge on any atom is 0.326 e. The molecule has 4 unspecified atom stereocenters. The molecule has 4 atom stereocenters. The molecule has 29 heavy (non-hydrogen) atoms. The van der Waals surface area contributed by atoms with Crippen molar-refractivity contribution in [2.45, 2.75) is 56.8 Å². The van der Waals surface area contributed by atoms with Crippen LogP contribution in [0.15, 0.2) is 0 Å². The molecule has 0 saturated heterocycles. The molecule has 0 rings (SSSR count). The molecule has 3 amide bonds. The number of nitrogens with one attached hydrogen (secondary N) is 3. The van der Waals surface area contributed by atoms with Crippen LogP contribution in [-0.2, 0) is 24.0 Å². The third-order valence-corrected chi connectivity index (χ3v) is 3.87. The van der Waals surface area contributed by atoms with E-state index in [1.807, 2.05) is 5.32 Å². The summed E-state index contributed by atoms with van der Waals surface area (Å²) in [4.78, 5) is 57.8. The van der Waals surface area contributed by atoms with Crippen molar-refractivity contribution in [3.05, 3.63) is 0 Å². The van der Waals surface area contributed by atoms with Gasteiger partial charge < -0.3 is 42.7 Å². The van der Waals surface area contributed by atoms with Gasteiger partial charge in [-0.15, -0.1) is 0 Å². The van der Waals surface area contributed by atoms with Gasteiger partial charge in [0.05, 0.1) is 19.1 Å². The van der Waals surface area contributed by atoms with Crippen LogP contribution in [0, 0.1) is 0 Å². The van der Waals surface area contributed by atoms with Gasteiger partial charge in [0.2, 0.25) is 17.7 Å². The molecule has 166 valence electrons. The van der Waals surface area contributed by atoms with E-state index in [1.54, 1.807) is 0 Å². The molecule has 0 aromatic heterocycles. The van der Waals surface area contributed by atoms with Crippen molar-refractivity contribution < 1.29 is 39.3 Å². The lowest BCUT2D eigenvalue weighted by Crippen LogP contribution is -2.57. The number of aliphatic hydroxyl groups is 1. The molecular weight excluding hydrogens is 390 g/mol. The van der Waals surface area contributed by atoms with Crippen LogP contribution in [0.3, 0.4) is 0 Å². The van der Waals surface area contributed by atoms with Gasteiger partial charge in [-0.05, 0) is 26.3 Å². The van der Waals surface area contributed by atoms with Crippen LogP contribution < -0.4 is 27.4 Å². The number of carboxylic acid groups (broad SMARTS) is 2. The van der Waals surface area contributed by atoms with Crippen LogP contribution in [0.25, 0.3) is 0 Å². The summed E-state index contributed by atoms with van der Waals surface area (Å²) < 4.78 is 0. The third kappa shape index (κ3) is 10.4. The van der Waals surface area contributed by atoms with E-state index in [9.17, 15) is 29.1 Å². The molecular formula is C16H29N5O8. The summed E-state index contributed by atoms with van der Waals surface area (Å²) in [6.45, 7) is 0.917. The second-order valence-electron chi connectivity index (χ2n) is 6.36. The first-order valence-corrected chi connectivity index (χ1v) is 8.95.